The van der Waals surface area contributed by atoms with Crippen LogP contribution in [0.1, 0.15) is 33.6 Å². The molecule has 0 atom stereocenters. The summed E-state index contributed by atoms with van der Waals surface area (Å²) in [5.74, 6) is -2.04. The van der Waals surface area contributed by atoms with Crippen LogP contribution in [0.15, 0.2) is 0 Å². The van der Waals surface area contributed by atoms with Gasteiger partial charge in [0.25, 0.3) is 0 Å². The van der Waals surface area contributed by atoms with Crippen molar-refractivity contribution in [3.63, 3.8) is 0 Å². The molecule has 0 saturated carbocycles. The molecule has 21 heavy (non-hydrogen) atoms. The number of carbonyl (C=O) groups excluding carboxylic acids is 3. The van der Waals surface area contributed by atoms with Crippen molar-refractivity contribution in [2.45, 2.75) is 39.2 Å². The topological polar surface area (TPSA) is 116 Å². The van der Waals surface area contributed by atoms with E-state index in [0.29, 0.717) is 6.54 Å². The van der Waals surface area contributed by atoms with Gasteiger partial charge in [-0.3, -0.25) is 14.4 Å². The van der Waals surface area contributed by atoms with Gasteiger partial charge in [-0.1, -0.05) is 0 Å². The molecule has 8 nitrogen and oxygen atoms in total. The molecule has 0 saturated heterocycles. The number of likely N-dealkylation sites (N-methyl/N-ethyl adjacent to an activating group) is 1. The summed E-state index contributed by atoms with van der Waals surface area (Å²) in [5, 5.41) is 14.1. The first-order chi connectivity index (χ1) is 9.59. The Morgan fingerprint density at radius 2 is 1.57 bits per heavy atom. The van der Waals surface area contributed by atoms with E-state index in [2.05, 4.69) is 10.6 Å². The Labute approximate surface area is 123 Å². The van der Waals surface area contributed by atoms with Crippen molar-refractivity contribution < 1.29 is 24.3 Å². The highest BCUT2D eigenvalue weighted by Gasteiger charge is 2.34. The van der Waals surface area contributed by atoms with E-state index in [0.717, 1.165) is 4.90 Å². The maximum absolute atomic E-state index is 11.8. The molecule has 0 unspecified atom stereocenters. The van der Waals surface area contributed by atoms with Gasteiger partial charge in [0.2, 0.25) is 17.7 Å². The second-order valence-corrected chi connectivity index (χ2v) is 5.15. The maximum Gasteiger partial charge on any atom is 0.329 e. The number of aliphatic carboxylic acids is 1. The third-order valence-electron chi connectivity index (χ3n) is 3.12. The molecule has 120 valence electrons. The van der Waals surface area contributed by atoms with Gasteiger partial charge in [0.05, 0.1) is 0 Å². The molecule has 0 rings (SSSR count). The number of hydrogen-bond donors (Lipinski definition) is 3. The van der Waals surface area contributed by atoms with E-state index >= 15 is 0 Å². The van der Waals surface area contributed by atoms with Crippen molar-refractivity contribution in [3.05, 3.63) is 0 Å². The minimum Gasteiger partial charge on any atom is -0.480 e. The fourth-order valence-electron chi connectivity index (χ4n) is 1.37. The van der Waals surface area contributed by atoms with E-state index in [-0.39, 0.29) is 31.2 Å². The van der Waals surface area contributed by atoms with Crippen LogP contribution in [0.25, 0.3) is 0 Å². The molecule has 8 heteroatoms. The lowest BCUT2D eigenvalue weighted by molar-refractivity contribution is -0.155. The lowest BCUT2D eigenvalue weighted by Gasteiger charge is -2.31. The molecular formula is C13H23N3O5. The highest BCUT2D eigenvalue weighted by molar-refractivity contribution is 5.88. The fraction of sp³-hybridized carbons (Fsp3) is 0.692. The lowest BCUT2D eigenvalue weighted by Crippen LogP contribution is -2.50. The molecule has 0 aliphatic heterocycles. The SMILES string of the molecule is CC(=O)NCCNC(=O)CCC(=O)N(C)C(C)(C)C(=O)O. The van der Waals surface area contributed by atoms with Crippen molar-refractivity contribution in [2.24, 2.45) is 0 Å². The van der Waals surface area contributed by atoms with Crippen molar-refractivity contribution in [1.82, 2.24) is 15.5 Å². The molecule has 0 aliphatic rings. The predicted octanol–water partition coefficient (Wildman–Crippen LogP) is -0.659. The number of carbonyl (C=O) groups is 4. The van der Waals surface area contributed by atoms with Gasteiger partial charge in [-0.15, -0.1) is 0 Å². The number of carboxylic acid groups (broad SMARTS) is 1. The quantitative estimate of drug-likeness (QED) is 0.515. The van der Waals surface area contributed by atoms with Gasteiger partial charge in [-0.25, -0.2) is 4.79 Å². The van der Waals surface area contributed by atoms with E-state index < -0.39 is 17.4 Å². The zero-order valence-electron chi connectivity index (χ0n) is 12.9. The summed E-state index contributed by atoms with van der Waals surface area (Å²) in [5.41, 5.74) is -1.32. The van der Waals surface area contributed by atoms with Crippen LogP contribution in [0.4, 0.5) is 0 Å². The Morgan fingerprint density at radius 3 is 2.05 bits per heavy atom. The zero-order valence-corrected chi connectivity index (χ0v) is 12.9. The molecule has 3 N–H and O–H groups in total. The average Bonchev–Trinajstić information content (AvgIpc) is 2.39. The van der Waals surface area contributed by atoms with Gasteiger partial charge in [-0.05, 0) is 13.8 Å². The van der Waals surface area contributed by atoms with E-state index in [1.165, 1.54) is 27.8 Å². The Balaban J connectivity index is 4.10. The summed E-state index contributed by atoms with van der Waals surface area (Å²) in [4.78, 5) is 46.1. The summed E-state index contributed by atoms with van der Waals surface area (Å²) in [6.07, 6.45) is -0.0991. The normalized spacial score (nSPS) is 10.7. The highest BCUT2D eigenvalue weighted by Crippen LogP contribution is 2.14. The fourth-order valence-corrected chi connectivity index (χ4v) is 1.37. The van der Waals surface area contributed by atoms with Crippen LogP contribution in [0.2, 0.25) is 0 Å². The Morgan fingerprint density at radius 1 is 1.05 bits per heavy atom. The third kappa shape index (κ3) is 6.73. The number of nitrogens with zero attached hydrogens (tertiary/aromatic N) is 1. The third-order valence-corrected chi connectivity index (χ3v) is 3.12. The maximum atomic E-state index is 11.8. The lowest BCUT2D eigenvalue weighted by atomic mass is 10.0. The molecule has 0 radical (unpaired) electrons. The summed E-state index contributed by atoms with van der Waals surface area (Å²) in [6, 6.07) is 0. The van der Waals surface area contributed by atoms with Gasteiger partial charge in [0.1, 0.15) is 5.54 Å². The minimum absolute atomic E-state index is 0.0288. The Kier molecular flexibility index (Phi) is 7.40. The molecule has 0 bridgehead atoms. The van der Waals surface area contributed by atoms with Crippen LogP contribution in [0, 0.1) is 0 Å². The molecule has 0 spiro atoms. The largest absolute Gasteiger partial charge is 0.480 e. The molecule has 0 aromatic rings. The molecule has 0 aromatic heterocycles. The standard InChI is InChI=1S/C13H23N3O5/c1-9(17)14-7-8-15-10(18)5-6-11(19)16(4)13(2,3)12(20)21/h5-8H2,1-4H3,(H,14,17)(H,15,18)(H,20,21). The van der Waals surface area contributed by atoms with Crippen LogP contribution < -0.4 is 10.6 Å². The number of nitrogens with one attached hydrogen (secondary N) is 2. The van der Waals surface area contributed by atoms with Crippen molar-refractivity contribution in [2.75, 3.05) is 20.1 Å². The molecule has 0 fully saturated rings. The van der Waals surface area contributed by atoms with Gasteiger partial charge < -0.3 is 20.6 Å². The average molecular weight is 301 g/mol. The van der Waals surface area contributed by atoms with Crippen LogP contribution in [0.5, 0.6) is 0 Å². The summed E-state index contributed by atoms with van der Waals surface area (Å²) in [6.45, 7) is 4.81. The van der Waals surface area contributed by atoms with Crippen molar-refractivity contribution in [3.8, 4) is 0 Å². The molecule has 0 aromatic carbocycles. The van der Waals surface area contributed by atoms with E-state index in [4.69, 9.17) is 5.11 Å². The van der Waals surface area contributed by atoms with E-state index in [1.54, 1.807) is 0 Å². The number of hydrogen-bond acceptors (Lipinski definition) is 4. The smallest absolute Gasteiger partial charge is 0.329 e. The Bertz CT molecular complexity index is 420. The zero-order chi connectivity index (χ0) is 16.6. The summed E-state index contributed by atoms with van der Waals surface area (Å²) >= 11 is 0. The van der Waals surface area contributed by atoms with Gasteiger partial charge in [0, 0.05) is 39.9 Å². The summed E-state index contributed by atoms with van der Waals surface area (Å²) in [7, 11) is 1.39. The van der Waals surface area contributed by atoms with Crippen LogP contribution in [0.3, 0.4) is 0 Å². The second kappa shape index (κ2) is 8.23. The van der Waals surface area contributed by atoms with Gasteiger partial charge in [-0.2, -0.15) is 0 Å². The van der Waals surface area contributed by atoms with Crippen LogP contribution in [-0.4, -0.2) is 59.4 Å². The van der Waals surface area contributed by atoms with Crippen molar-refractivity contribution in [1.29, 1.82) is 0 Å². The molecule has 3 amide bonds. The Hall–Kier alpha value is -2.12. The minimum atomic E-state index is -1.32. The van der Waals surface area contributed by atoms with Gasteiger partial charge in [0.15, 0.2) is 0 Å². The first-order valence-corrected chi connectivity index (χ1v) is 6.60. The summed E-state index contributed by atoms with van der Waals surface area (Å²) < 4.78 is 0. The molecule has 0 heterocycles. The molecule has 0 aliphatic carbocycles. The first-order valence-electron chi connectivity index (χ1n) is 6.60. The van der Waals surface area contributed by atoms with Crippen molar-refractivity contribution >= 4 is 23.7 Å². The van der Waals surface area contributed by atoms with Crippen LogP contribution >= 0.6 is 0 Å². The van der Waals surface area contributed by atoms with E-state index in [9.17, 15) is 19.2 Å². The predicted molar refractivity (Wildman–Crippen MR) is 75.4 cm³/mol. The number of rotatable bonds is 8. The number of carboxylic acids is 1. The van der Waals surface area contributed by atoms with Crippen LogP contribution in [-0.2, 0) is 19.2 Å². The number of amides is 3. The van der Waals surface area contributed by atoms with E-state index in [1.807, 2.05) is 0 Å². The second-order valence-electron chi connectivity index (χ2n) is 5.15. The highest BCUT2D eigenvalue weighted by atomic mass is 16.4. The first kappa shape index (κ1) is 18.9. The molecular weight excluding hydrogens is 278 g/mol. The van der Waals surface area contributed by atoms with Gasteiger partial charge >= 0.3 is 5.97 Å². The monoisotopic (exact) mass is 301 g/mol.